The van der Waals surface area contributed by atoms with Crippen molar-refractivity contribution in [3.05, 3.63) is 97.7 Å². The molecular formula is C56H68FN11O8S. The van der Waals surface area contributed by atoms with Gasteiger partial charge in [0.1, 0.15) is 40.1 Å². The van der Waals surface area contributed by atoms with E-state index in [-0.39, 0.29) is 96.1 Å². The van der Waals surface area contributed by atoms with E-state index >= 15 is 0 Å². The van der Waals surface area contributed by atoms with Crippen LogP contribution in [0.1, 0.15) is 146 Å². The SMILES string of the molecule is CC(=O)c1c(C)c2cnc(Nc3ccc(N4CCN(C(=O)CCOCCC(=O)N(C)C(C)C(=O)N[C@H](C(=O)N5CCCC5c5nc(C(=O)c6ccc(F)cc6)cs5)C5CCCCC5)CC4)cn3)nc2n(C2CCCC2)c1=O. The summed E-state index contributed by atoms with van der Waals surface area (Å²) in [7, 11) is 1.56. The number of nitrogens with zero attached hydrogens (tertiary/aromatic N) is 9. The molecule has 4 aliphatic rings. The Balaban J connectivity index is 0.710. The normalized spacial score (nSPS) is 18.1. The zero-order valence-corrected chi connectivity index (χ0v) is 45.1. The number of piperazine rings is 1. The molecule has 2 aliphatic carbocycles. The monoisotopic (exact) mass is 1070 g/mol. The van der Waals surface area contributed by atoms with E-state index in [1.165, 1.54) is 47.4 Å². The van der Waals surface area contributed by atoms with Crippen molar-refractivity contribution in [3.63, 3.8) is 0 Å². The first-order valence-corrected chi connectivity index (χ1v) is 27.9. The number of aryl methyl sites for hydroxylation is 1. The first kappa shape index (κ1) is 54.8. The minimum absolute atomic E-state index is 0.00386. The van der Waals surface area contributed by atoms with Crippen molar-refractivity contribution in [2.45, 2.75) is 128 Å². The van der Waals surface area contributed by atoms with Crippen molar-refractivity contribution in [2.75, 3.05) is 63.2 Å². The van der Waals surface area contributed by atoms with E-state index in [0.717, 1.165) is 69.9 Å². The van der Waals surface area contributed by atoms with Crippen LogP contribution in [-0.2, 0) is 23.9 Å². The van der Waals surface area contributed by atoms with Crippen LogP contribution in [0, 0.1) is 18.7 Å². The Bertz CT molecular complexity index is 3040. The molecule has 21 heteroatoms. The third-order valence-electron chi connectivity index (χ3n) is 15.9. The number of hydrogen-bond acceptors (Lipinski definition) is 15. The number of thiazole rings is 1. The number of rotatable bonds is 19. The lowest BCUT2D eigenvalue weighted by Gasteiger charge is -2.36. The molecule has 19 nitrogen and oxygen atoms in total. The summed E-state index contributed by atoms with van der Waals surface area (Å²) >= 11 is 1.31. The first-order valence-electron chi connectivity index (χ1n) is 27.0. The predicted molar refractivity (Wildman–Crippen MR) is 289 cm³/mol. The lowest BCUT2D eigenvalue weighted by atomic mass is 9.83. The third kappa shape index (κ3) is 12.4. The van der Waals surface area contributed by atoms with Gasteiger partial charge in [-0.3, -0.25) is 38.1 Å². The van der Waals surface area contributed by atoms with Crippen LogP contribution in [0.3, 0.4) is 0 Å². The number of hydrogen-bond donors (Lipinski definition) is 2. The number of amides is 4. The zero-order chi connectivity index (χ0) is 54.3. The molecule has 2 saturated heterocycles. The standard InChI is InChI=1S/C56H68FN11O8S/c1-34-42-32-59-56(63-51(42)68(40-13-8-9-14-40)54(74)48(34)36(3)69)61-45-21-20-41(31-58-45)65-25-27-66(28-26-65)47(71)23-30-76-29-22-46(70)64(4)35(2)52(73)62-49(37-11-6-5-7-12-37)55(75)67-24-10-15-44(67)53-60-43(33-77-53)50(72)38-16-18-39(57)19-17-38/h16-21,31-33,35,37,40,44,49H,5-15,22-30H2,1-4H3,(H,62,73)(H,58,59,61,63)/t35?,44?,49-/m0/s1. The molecule has 1 aromatic carbocycles. The molecule has 9 rings (SSSR count). The van der Waals surface area contributed by atoms with E-state index in [0.29, 0.717) is 72.1 Å². The number of pyridine rings is 2. The molecule has 0 radical (unpaired) electrons. The molecular weight excluding hydrogens is 1010 g/mol. The van der Waals surface area contributed by atoms with Gasteiger partial charge in [0.15, 0.2) is 5.78 Å². The van der Waals surface area contributed by atoms with Gasteiger partial charge >= 0.3 is 0 Å². The number of aromatic nitrogens is 5. The average molecular weight is 1070 g/mol. The molecule has 4 aromatic heterocycles. The number of likely N-dealkylation sites (tertiary alicyclic amines) is 1. The third-order valence-corrected chi connectivity index (χ3v) is 16.8. The predicted octanol–water partition coefficient (Wildman–Crippen LogP) is 7.10. The van der Waals surface area contributed by atoms with Gasteiger partial charge in [-0.25, -0.2) is 19.3 Å². The van der Waals surface area contributed by atoms with Crippen LogP contribution in [0.2, 0.25) is 0 Å². The number of ketones is 2. The number of benzene rings is 1. The van der Waals surface area contributed by atoms with Crippen molar-refractivity contribution in [1.82, 2.24) is 44.5 Å². The van der Waals surface area contributed by atoms with Gasteiger partial charge in [0.05, 0.1) is 49.5 Å². The summed E-state index contributed by atoms with van der Waals surface area (Å²) in [6.07, 6.45) is 13.2. The number of ether oxygens (including phenoxy) is 1. The van der Waals surface area contributed by atoms with Crippen molar-refractivity contribution in [3.8, 4) is 0 Å². The van der Waals surface area contributed by atoms with E-state index < -0.39 is 23.8 Å². The highest BCUT2D eigenvalue weighted by atomic mass is 32.1. The van der Waals surface area contributed by atoms with Gasteiger partial charge in [-0.05, 0) is 107 Å². The smallest absolute Gasteiger partial charge is 0.263 e. The molecule has 2 N–H and O–H groups in total. The molecule has 4 fully saturated rings. The first-order chi connectivity index (χ1) is 37.2. The Labute approximate surface area is 451 Å². The highest BCUT2D eigenvalue weighted by molar-refractivity contribution is 7.10. The van der Waals surface area contributed by atoms with Gasteiger partial charge in [-0.15, -0.1) is 11.3 Å². The summed E-state index contributed by atoms with van der Waals surface area (Å²) in [5.74, 6) is -1.27. The van der Waals surface area contributed by atoms with Crippen LogP contribution in [-0.4, -0.2) is 139 Å². The molecule has 77 heavy (non-hydrogen) atoms. The Kier molecular flexibility index (Phi) is 17.5. The van der Waals surface area contributed by atoms with Crippen molar-refractivity contribution in [1.29, 1.82) is 0 Å². The second kappa shape index (κ2) is 24.6. The Morgan fingerprint density at radius 3 is 2.26 bits per heavy atom. The molecule has 5 aromatic rings. The summed E-state index contributed by atoms with van der Waals surface area (Å²) in [6, 6.07) is 7.04. The summed E-state index contributed by atoms with van der Waals surface area (Å²) in [5.41, 5.74) is 2.41. The van der Waals surface area contributed by atoms with E-state index in [1.54, 1.807) is 53.0 Å². The maximum Gasteiger partial charge on any atom is 0.263 e. The van der Waals surface area contributed by atoms with Crippen LogP contribution >= 0.6 is 11.3 Å². The van der Waals surface area contributed by atoms with Crippen LogP contribution in [0.5, 0.6) is 0 Å². The van der Waals surface area contributed by atoms with Crippen LogP contribution in [0.25, 0.3) is 11.0 Å². The number of nitrogens with one attached hydrogen (secondary N) is 2. The topological polar surface area (TPSA) is 222 Å². The Morgan fingerprint density at radius 1 is 0.844 bits per heavy atom. The van der Waals surface area contributed by atoms with E-state index in [9.17, 15) is 38.0 Å². The molecule has 0 spiro atoms. The Hall–Kier alpha value is -7.00. The summed E-state index contributed by atoms with van der Waals surface area (Å²) < 4.78 is 20.9. The number of likely N-dealkylation sites (N-methyl/N-ethyl adjacent to an activating group) is 1. The molecule has 2 unspecified atom stereocenters. The fourth-order valence-electron chi connectivity index (χ4n) is 11.3. The maximum absolute atomic E-state index is 14.5. The molecule has 6 heterocycles. The van der Waals surface area contributed by atoms with E-state index in [1.807, 2.05) is 12.1 Å². The van der Waals surface area contributed by atoms with Gasteiger partial charge in [0.25, 0.3) is 5.56 Å². The molecule has 0 bridgehead atoms. The van der Waals surface area contributed by atoms with Gasteiger partial charge in [0.2, 0.25) is 35.4 Å². The average Bonchev–Trinajstić information content (AvgIpc) is 4.31. The number of fused-ring (bicyclic) bond motifs is 1. The maximum atomic E-state index is 14.5. The molecule has 4 amide bonds. The number of carbonyl (C=O) groups is 6. The largest absolute Gasteiger partial charge is 0.380 e. The fraction of sp³-hybridized carbons (Fsp3) is 0.518. The Morgan fingerprint density at radius 2 is 1.56 bits per heavy atom. The fourth-order valence-corrected chi connectivity index (χ4v) is 12.3. The summed E-state index contributed by atoms with van der Waals surface area (Å²) in [5, 5.41) is 9.20. The quantitative estimate of drug-likeness (QED) is 0.0622. The number of Topliss-reactive ketones (excluding diaryl/α,β-unsaturated/α-hetero) is 1. The van der Waals surface area contributed by atoms with Crippen LogP contribution < -0.4 is 21.1 Å². The lowest BCUT2D eigenvalue weighted by Crippen LogP contribution is -2.56. The van der Waals surface area contributed by atoms with Crippen molar-refractivity contribution in [2.24, 2.45) is 5.92 Å². The van der Waals surface area contributed by atoms with E-state index in [2.05, 4.69) is 30.5 Å². The zero-order valence-electron chi connectivity index (χ0n) is 44.3. The number of carbonyl (C=O) groups excluding carboxylic acids is 6. The highest BCUT2D eigenvalue weighted by Gasteiger charge is 2.41. The minimum Gasteiger partial charge on any atom is -0.380 e. The van der Waals surface area contributed by atoms with Gasteiger partial charge in [-0.1, -0.05) is 32.1 Å². The molecule has 2 aliphatic heterocycles. The van der Waals surface area contributed by atoms with Gasteiger partial charge in [0, 0.05) is 68.3 Å². The number of halogens is 1. The number of anilines is 3. The lowest BCUT2D eigenvalue weighted by molar-refractivity contribution is -0.143. The van der Waals surface area contributed by atoms with Gasteiger partial charge < -0.3 is 35.0 Å². The summed E-state index contributed by atoms with van der Waals surface area (Å²) in [6.45, 7) is 7.75. The second-order valence-corrected chi connectivity index (χ2v) is 21.7. The summed E-state index contributed by atoms with van der Waals surface area (Å²) in [4.78, 5) is 120. The second-order valence-electron chi connectivity index (χ2n) is 20.8. The molecule has 2 saturated carbocycles. The van der Waals surface area contributed by atoms with E-state index in [4.69, 9.17) is 9.72 Å². The van der Waals surface area contributed by atoms with Crippen LogP contribution in [0.15, 0.2) is 59.0 Å². The van der Waals surface area contributed by atoms with Gasteiger partial charge in [-0.2, -0.15) is 4.98 Å². The van der Waals surface area contributed by atoms with Crippen molar-refractivity contribution < 1.29 is 37.9 Å². The van der Waals surface area contributed by atoms with Crippen molar-refractivity contribution >= 4 is 75.0 Å². The molecule has 408 valence electrons. The minimum atomic E-state index is -0.872. The highest BCUT2D eigenvalue weighted by Crippen LogP contribution is 2.37. The molecule has 3 atom stereocenters. The van der Waals surface area contributed by atoms with Crippen LogP contribution in [0.4, 0.5) is 21.8 Å².